The van der Waals surface area contributed by atoms with Gasteiger partial charge in [0.15, 0.2) is 5.78 Å². The van der Waals surface area contributed by atoms with Gasteiger partial charge in [-0.3, -0.25) is 43.4 Å². The Kier molecular flexibility index (Phi) is 10.2. The van der Waals surface area contributed by atoms with Crippen molar-refractivity contribution in [2.75, 3.05) is 7.05 Å². The van der Waals surface area contributed by atoms with Crippen molar-refractivity contribution in [2.24, 2.45) is 5.73 Å². The summed E-state index contributed by atoms with van der Waals surface area (Å²) in [7, 11) is 1.51. The molecule has 0 spiro atoms. The second-order valence-electron chi connectivity index (χ2n) is 11.1. The van der Waals surface area contributed by atoms with E-state index in [-0.39, 0.29) is 41.6 Å². The van der Waals surface area contributed by atoms with E-state index < -0.39 is 17.4 Å². The van der Waals surface area contributed by atoms with Gasteiger partial charge in [0.1, 0.15) is 17.1 Å². The summed E-state index contributed by atoms with van der Waals surface area (Å²) in [5.41, 5.74) is 8.94. The fourth-order valence-electron chi connectivity index (χ4n) is 4.60. The molecular weight excluding hydrogens is 538 g/mol. The van der Waals surface area contributed by atoms with Gasteiger partial charge in [-0.25, -0.2) is 0 Å². The number of fused-ring (bicyclic) bond motifs is 2. The van der Waals surface area contributed by atoms with E-state index in [1.807, 2.05) is 26.8 Å². The predicted octanol–water partition coefficient (Wildman–Crippen LogP) is 3.68. The smallest absolute Gasteiger partial charge is 0.262 e. The van der Waals surface area contributed by atoms with Crippen LogP contribution in [0.3, 0.4) is 0 Å². The van der Waals surface area contributed by atoms with Gasteiger partial charge < -0.3 is 5.73 Å². The maximum Gasteiger partial charge on any atom is 0.262 e. The van der Waals surface area contributed by atoms with Gasteiger partial charge in [0, 0.05) is 13.5 Å². The first kappa shape index (κ1) is 33.9. The Morgan fingerprint density at radius 3 is 1.55 bits per heavy atom. The minimum atomic E-state index is -1.45. The number of benzene rings is 2. The molecule has 10 nitrogen and oxygen atoms in total. The third-order valence-corrected chi connectivity index (χ3v) is 7.86. The van der Waals surface area contributed by atoms with Gasteiger partial charge in [-0.2, -0.15) is 0 Å². The van der Waals surface area contributed by atoms with E-state index >= 15 is 0 Å². The number of nitrogens with two attached hydrogens (primary N) is 1. The van der Waals surface area contributed by atoms with E-state index in [2.05, 4.69) is 0 Å². The molecule has 2 unspecified atom stereocenters. The number of hydrogen-bond acceptors (Lipinski definition) is 8. The summed E-state index contributed by atoms with van der Waals surface area (Å²) in [6.45, 7) is 14.7. The van der Waals surface area contributed by atoms with E-state index in [1.165, 1.54) is 34.7 Å². The number of carbonyl (C=O) groups is 7. The Labute approximate surface area is 246 Å². The van der Waals surface area contributed by atoms with E-state index in [1.54, 1.807) is 32.0 Å². The van der Waals surface area contributed by atoms with E-state index in [4.69, 9.17) is 5.73 Å². The van der Waals surface area contributed by atoms with Crippen LogP contribution in [0.15, 0.2) is 24.3 Å². The molecular formula is C32H39N3O7. The van der Waals surface area contributed by atoms with Crippen molar-refractivity contribution in [2.45, 2.75) is 80.3 Å². The second-order valence-corrected chi connectivity index (χ2v) is 11.1. The van der Waals surface area contributed by atoms with E-state index in [0.717, 1.165) is 32.1 Å². The largest absolute Gasteiger partial charge is 0.322 e. The van der Waals surface area contributed by atoms with Crippen LogP contribution in [0.5, 0.6) is 0 Å². The SMILES string of the molecule is CC(=O)C(C)N.CC(=O)CC(C)(C(C)=O)N1C(=O)c2ccc(C)c(C)c2C1=O.Cc1ccc2c(c1C)C(=O)N(C)C2=O. The Balaban J connectivity index is 0.000000262. The van der Waals surface area contributed by atoms with Crippen molar-refractivity contribution in [3.8, 4) is 0 Å². The van der Waals surface area contributed by atoms with Crippen LogP contribution in [0.1, 0.15) is 105 Å². The summed E-state index contributed by atoms with van der Waals surface area (Å²) in [5.74, 6) is -2.00. The molecule has 2 aromatic carbocycles. The first-order valence-electron chi connectivity index (χ1n) is 13.5. The van der Waals surface area contributed by atoms with Crippen LogP contribution >= 0.6 is 0 Å². The van der Waals surface area contributed by atoms with Crippen LogP contribution in [-0.2, 0) is 14.4 Å². The van der Waals surface area contributed by atoms with Gasteiger partial charge in [-0.05, 0) is 96.7 Å². The Hall–Kier alpha value is -4.31. The Morgan fingerprint density at radius 1 is 0.762 bits per heavy atom. The van der Waals surface area contributed by atoms with Gasteiger partial charge in [-0.15, -0.1) is 0 Å². The third-order valence-electron chi connectivity index (χ3n) is 7.86. The lowest BCUT2D eigenvalue weighted by Gasteiger charge is -2.34. The molecule has 0 saturated heterocycles. The zero-order valence-electron chi connectivity index (χ0n) is 25.9. The van der Waals surface area contributed by atoms with Gasteiger partial charge in [0.25, 0.3) is 23.6 Å². The molecule has 0 aliphatic carbocycles. The zero-order valence-corrected chi connectivity index (χ0v) is 25.9. The lowest BCUT2D eigenvalue weighted by atomic mass is 9.89. The normalized spacial score (nSPS) is 15.6. The fourth-order valence-corrected chi connectivity index (χ4v) is 4.60. The first-order valence-corrected chi connectivity index (χ1v) is 13.5. The standard InChI is InChI=1S/C17H19NO4.C11H11NO2.C4H9NO/c1-9-6-7-13-14(11(9)3)16(22)18(15(13)21)17(5,12(4)20)8-10(2)19;1-6-4-5-8-9(7(6)2)11(14)12(3)10(8)13;1-3(5)4(2)6/h6-7H,8H2,1-5H3;4-5H,1-3H3;3H,5H2,1-2H3. The molecule has 224 valence electrons. The molecule has 4 rings (SSSR count). The second kappa shape index (κ2) is 12.7. The highest BCUT2D eigenvalue weighted by Gasteiger charge is 2.50. The number of Topliss-reactive ketones (excluding diaryl/α,β-unsaturated/α-hetero) is 3. The van der Waals surface area contributed by atoms with Gasteiger partial charge in [0.2, 0.25) is 0 Å². The highest BCUT2D eigenvalue weighted by atomic mass is 16.2. The van der Waals surface area contributed by atoms with Crippen molar-refractivity contribution >= 4 is 41.0 Å². The monoisotopic (exact) mass is 577 g/mol. The van der Waals surface area contributed by atoms with Crippen LogP contribution in [-0.4, -0.2) is 69.4 Å². The van der Waals surface area contributed by atoms with E-state index in [9.17, 15) is 33.6 Å². The maximum absolute atomic E-state index is 12.8. The van der Waals surface area contributed by atoms with Crippen LogP contribution in [0.25, 0.3) is 0 Å². The number of carbonyl (C=O) groups excluding carboxylic acids is 7. The number of amides is 4. The fraction of sp³-hybridized carbons (Fsp3) is 0.406. The van der Waals surface area contributed by atoms with Crippen LogP contribution in [0, 0.1) is 27.7 Å². The molecule has 42 heavy (non-hydrogen) atoms. The highest BCUT2D eigenvalue weighted by molar-refractivity contribution is 6.24. The average Bonchev–Trinajstić information content (AvgIpc) is 3.28. The summed E-state index contributed by atoms with van der Waals surface area (Å²) >= 11 is 0. The Bertz CT molecular complexity index is 1520. The molecule has 2 N–H and O–H groups in total. The van der Waals surface area contributed by atoms with Crippen molar-refractivity contribution < 1.29 is 33.6 Å². The molecule has 0 bridgehead atoms. The van der Waals surface area contributed by atoms with Crippen molar-refractivity contribution in [1.82, 2.24) is 9.80 Å². The molecule has 10 heteroatoms. The van der Waals surface area contributed by atoms with Crippen molar-refractivity contribution in [1.29, 1.82) is 0 Å². The molecule has 0 aromatic heterocycles. The molecule has 2 aromatic rings. The van der Waals surface area contributed by atoms with Gasteiger partial charge in [0.05, 0.1) is 28.3 Å². The van der Waals surface area contributed by atoms with Crippen molar-refractivity contribution in [3.63, 3.8) is 0 Å². The number of rotatable bonds is 5. The summed E-state index contributed by atoms with van der Waals surface area (Å²) < 4.78 is 0. The minimum Gasteiger partial charge on any atom is -0.322 e. The van der Waals surface area contributed by atoms with Crippen LogP contribution in [0.2, 0.25) is 0 Å². The van der Waals surface area contributed by atoms with E-state index in [0.29, 0.717) is 22.3 Å². The number of hydrogen-bond donors (Lipinski definition) is 1. The highest BCUT2D eigenvalue weighted by Crippen LogP contribution is 2.35. The van der Waals surface area contributed by atoms with Crippen LogP contribution in [0.4, 0.5) is 0 Å². The molecule has 2 aliphatic heterocycles. The lowest BCUT2D eigenvalue weighted by molar-refractivity contribution is -0.130. The molecule has 4 amide bonds. The molecule has 2 heterocycles. The molecule has 2 aliphatic rings. The molecule has 0 saturated carbocycles. The van der Waals surface area contributed by atoms with Crippen LogP contribution < -0.4 is 5.73 Å². The minimum absolute atomic E-state index is 0.0370. The summed E-state index contributed by atoms with van der Waals surface area (Å²) in [5, 5.41) is 0. The van der Waals surface area contributed by atoms with Gasteiger partial charge >= 0.3 is 0 Å². The summed E-state index contributed by atoms with van der Waals surface area (Å²) in [4.78, 5) is 84.4. The van der Waals surface area contributed by atoms with Gasteiger partial charge in [-0.1, -0.05) is 12.1 Å². The predicted molar refractivity (Wildman–Crippen MR) is 157 cm³/mol. The lowest BCUT2D eigenvalue weighted by Crippen LogP contribution is -2.55. The Morgan fingerprint density at radius 2 is 1.17 bits per heavy atom. The van der Waals surface area contributed by atoms with Crippen molar-refractivity contribution in [3.05, 3.63) is 68.8 Å². The zero-order chi connectivity index (χ0) is 32.4. The number of imide groups is 2. The third kappa shape index (κ3) is 6.28. The average molecular weight is 578 g/mol. The quantitative estimate of drug-likeness (QED) is 0.529. The molecule has 2 atom stereocenters. The maximum atomic E-state index is 12.8. The number of aryl methyl sites for hydroxylation is 2. The topological polar surface area (TPSA) is 152 Å². The first-order chi connectivity index (χ1) is 19.3. The number of ketones is 3. The number of nitrogens with zero attached hydrogens (tertiary/aromatic N) is 2. The summed E-state index contributed by atoms with van der Waals surface area (Å²) in [6.07, 6.45) is -0.175. The summed E-state index contributed by atoms with van der Waals surface area (Å²) in [6, 6.07) is 6.69. The molecule has 0 radical (unpaired) electrons. The molecule has 0 fully saturated rings.